The molecule has 3 bridgehead atoms. The van der Waals surface area contributed by atoms with E-state index in [1.165, 1.54) is 19.3 Å². The molecule has 3 rings (SSSR count). The summed E-state index contributed by atoms with van der Waals surface area (Å²) >= 11 is 0. The molecule has 0 aliphatic heterocycles. The van der Waals surface area contributed by atoms with Crippen LogP contribution in [0.1, 0.15) is 25.7 Å². The summed E-state index contributed by atoms with van der Waals surface area (Å²) in [6.45, 7) is 0. The Hall–Kier alpha value is -0.300. The lowest BCUT2D eigenvalue weighted by Crippen LogP contribution is -2.42. The molecular weight excluding hydrogens is 148 g/mol. The van der Waals surface area contributed by atoms with Crippen molar-refractivity contribution in [1.82, 2.24) is 0 Å². The van der Waals surface area contributed by atoms with E-state index in [1.807, 2.05) is 0 Å². The molecule has 2 fully saturated rings. The molecule has 0 heterocycles. The molecule has 3 aliphatic rings. The van der Waals surface area contributed by atoms with Crippen molar-refractivity contribution in [3.05, 3.63) is 12.2 Å². The van der Waals surface area contributed by atoms with Gasteiger partial charge in [-0.2, -0.15) is 0 Å². The highest BCUT2D eigenvalue weighted by Crippen LogP contribution is 2.49. The first kappa shape index (κ1) is 7.14. The Morgan fingerprint density at radius 1 is 0.917 bits per heavy atom. The third kappa shape index (κ3) is 0.891. The second-order valence-corrected chi connectivity index (χ2v) is 4.84. The maximum atomic E-state index is 9.81. The first-order valence-electron chi connectivity index (χ1n) is 5.19. The van der Waals surface area contributed by atoms with E-state index in [0.29, 0.717) is 11.8 Å². The molecule has 5 atom stereocenters. The fraction of sp³-hybridized carbons (Fsp3) is 0.818. The molecule has 0 aromatic rings. The Bertz CT molecular complexity index is 221. The van der Waals surface area contributed by atoms with Gasteiger partial charge in [0.1, 0.15) is 0 Å². The van der Waals surface area contributed by atoms with Crippen LogP contribution in [0, 0.1) is 23.7 Å². The lowest BCUT2D eigenvalue weighted by atomic mass is 9.59. The molecular formula is C11H16O. The van der Waals surface area contributed by atoms with Crippen LogP contribution >= 0.6 is 0 Å². The lowest BCUT2D eigenvalue weighted by Gasteiger charge is -2.47. The Balaban J connectivity index is 1.96. The molecule has 3 aliphatic carbocycles. The van der Waals surface area contributed by atoms with Crippen LogP contribution in [0.2, 0.25) is 0 Å². The van der Waals surface area contributed by atoms with E-state index in [0.717, 1.165) is 18.3 Å². The second kappa shape index (κ2) is 2.35. The molecule has 2 saturated carbocycles. The van der Waals surface area contributed by atoms with E-state index in [9.17, 15) is 5.11 Å². The van der Waals surface area contributed by atoms with E-state index < -0.39 is 0 Å². The van der Waals surface area contributed by atoms with E-state index in [2.05, 4.69) is 12.2 Å². The Morgan fingerprint density at radius 2 is 1.75 bits per heavy atom. The first-order valence-corrected chi connectivity index (χ1v) is 5.19. The number of hydrogen-bond acceptors (Lipinski definition) is 1. The van der Waals surface area contributed by atoms with Gasteiger partial charge in [-0.1, -0.05) is 12.2 Å². The zero-order valence-corrected chi connectivity index (χ0v) is 7.32. The maximum Gasteiger partial charge on any atom is 0.0574 e. The quantitative estimate of drug-likeness (QED) is 0.543. The number of aliphatic hydroxyl groups excluding tert-OH is 1. The molecule has 0 unspecified atom stereocenters. The summed E-state index contributed by atoms with van der Waals surface area (Å²) in [6.07, 6.45) is 9.78. The van der Waals surface area contributed by atoms with Crippen molar-refractivity contribution in [2.24, 2.45) is 23.7 Å². The molecule has 0 amide bonds. The van der Waals surface area contributed by atoms with Crippen LogP contribution in [0.4, 0.5) is 0 Å². The fourth-order valence-corrected chi connectivity index (χ4v) is 3.48. The van der Waals surface area contributed by atoms with Crippen molar-refractivity contribution in [2.75, 3.05) is 0 Å². The molecule has 1 heteroatoms. The minimum Gasteiger partial charge on any atom is -0.393 e. The van der Waals surface area contributed by atoms with Gasteiger partial charge in [-0.05, 0) is 49.4 Å². The van der Waals surface area contributed by atoms with Gasteiger partial charge >= 0.3 is 0 Å². The summed E-state index contributed by atoms with van der Waals surface area (Å²) < 4.78 is 0. The number of allylic oxidation sites excluding steroid dienone is 2. The predicted molar refractivity (Wildman–Crippen MR) is 47.6 cm³/mol. The van der Waals surface area contributed by atoms with Crippen molar-refractivity contribution in [1.29, 1.82) is 0 Å². The van der Waals surface area contributed by atoms with E-state index in [-0.39, 0.29) is 6.10 Å². The summed E-state index contributed by atoms with van der Waals surface area (Å²) in [5.41, 5.74) is 0. The van der Waals surface area contributed by atoms with Gasteiger partial charge in [-0.15, -0.1) is 0 Å². The zero-order chi connectivity index (χ0) is 8.13. The van der Waals surface area contributed by atoms with Gasteiger partial charge in [-0.25, -0.2) is 0 Å². The van der Waals surface area contributed by atoms with Crippen molar-refractivity contribution in [2.45, 2.75) is 31.8 Å². The third-order valence-electron chi connectivity index (χ3n) is 4.11. The van der Waals surface area contributed by atoms with Crippen LogP contribution in [-0.2, 0) is 0 Å². The summed E-state index contributed by atoms with van der Waals surface area (Å²) in [4.78, 5) is 0. The molecule has 0 radical (unpaired) electrons. The average Bonchev–Trinajstić information content (AvgIpc) is 2.07. The molecule has 1 nitrogen and oxygen atoms in total. The van der Waals surface area contributed by atoms with Gasteiger partial charge in [0.05, 0.1) is 6.10 Å². The zero-order valence-electron chi connectivity index (χ0n) is 7.32. The van der Waals surface area contributed by atoms with E-state index in [1.54, 1.807) is 0 Å². The number of fused-ring (bicyclic) bond motifs is 2. The van der Waals surface area contributed by atoms with Gasteiger partial charge in [0.2, 0.25) is 0 Å². The standard InChI is InChI=1S/C11H16O/c12-11-6-8-2-1-7-3-9(8)5-10(11)4-7/h1-2,7-12H,3-6H2/t7-,8-,9+,10-,11-/m0/s1. The van der Waals surface area contributed by atoms with Crippen LogP contribution in [0.3, 0.4) is 0 Å². The van der Waals surface area contributed by atoms with Gasteiger partial charge in [0.25, 0.3) is 0 Å². The topological polar surface area (TPSA) is 20.2 Å². The van der Waals surface area contributed by atoms with Crippen LogP contribution in [-0.4, -0.2) is 11.2 Å². The number of aliphatic hydroxyl groups is 1. The highest BCUT2D eigenvalue weighted by Gasteiger charge is 2.42. The largest absolute Gasteiger partial charge is 0.393 e. The van der Waals surface area contributed by atoms with Crippen LogP contribution in [0.5, 0.6) is 0 Å². The minimum atomic E-state index is 0.0130. The maximum absolute atomic E-state index is 9.81. The van der Waals surface area contributed by atoms with E-state index in [4.69, 9.17) is 0 Å². The fourth-order valence-electron chi connectivity index (χ4n) is 3.48. The molecule has 0 spiro atoms. The molecule has 66 valence electrons. The second-order valence-electron chi connectivity index (χ2n) is 4.84. The average molecular weight is 164 g/mol. The van der Waals surface area contributed by atoms with E-state index >= 15 is 0 Å². The van der Waals surface area contributed by atoms with Crippen molar-refractivity contribution in [3.63, 3.8) is 0 Å². The highest BCUT2D eigenvalue weighted by atomic mass is 16.3. The van der Waals surface area contributed by atoms with Crippen molar-refractivity contribution >= 4 is 0 Å². The van der Waals surface area contributed by atoms with Crippen molar-refractivity contribution < 1.29 is 5.11 Å². The predicted octanol–water partition coefficient (Wildman–Crippen LogP) is 1.97. The Labute approximate surface area is 73.5 Å². The molecule has 0 saturated heterocycles. The molecule has 12 heavy (non-hydrogen) atoms. The Morgan fingerprint density at radius 3 is 2.67 bits per heavy atom. The monoisotopic (exact) mass is 164 g/mol. The lowest BCUT2D eigenvalue weighted by molar-refractivity contribution is -0.0162. The van der Waals surface area contributed by atoms with Crippen LogP contribution in [0.25, 0.3) is 0 Å². The molecule has 0 aromatic carbocycles. The van der Waals surface area contributed by atoms with Crippen molar-refractivity contribution in [3.8, 4) is 0 Å². The Kier molecular flexibility index (Phi) is 1.40. The third-order valence-corrected chi connectivity index (χ3v) is 4.11. The smallest absolute Gasteiger partial charge is 0.0574 e. The summed E-state index contributed by atoms with van der Waals surface area (Å²) in [5.74, 6) is 3.07. The first-order chi connectivity index (χ1) is 5.83. The van der Waals surface area contributed by atoms with Gasteiger partial charge < -0.3 is 5.11 Å². The summed E-state index contributed by atoms with van der Waals surface area (Å²) in [5, 5.41) is 9.81. The normalized spacial score (nSPS) is 55.9. The van der Waals surface area contributed by atoms with Crippen LogP contribution < -0.4 is 0 Å². The van der Waals surface area contributed by atoms with Gasteiger partial charge in [0.15, 0.2) is 0 Å². The number of hydrogen-bond donors (Lipinski definition) is 1. The molecule has 0 aromatic heterocycles. The van der Waals surface area contributed by atoms with Crippen LogP contribution in [0.15, 0.2) is 12.2 Å². The highest BCUT2D eigenvalue weighted by molar-refractivity contribution is 5.09. The minimum absolute atomic E-state index is 0.0130. The summed E-state index contributed by atoms with van der Waals surface area (Å²) in [6, 6.07) is 0. The SMILES string of the molecule is O[C@H]1C[C@@H]2C=C[C@@H]3C[C@H]1C[C@H]2C3. The number of rotatable bonds is 0. The molecule has 1 N–H and O–H groups in total. The van der Waals surface area contributed by atoms with Gasteiger partial charge in [-0.3, -0.25) is 0 Å². The van der Waals surface area contributed by atoms with Gasteiger partial charge in [0, 0.05) is 0 Å². The summed E-state index contributed by atoms with van der Waals surface area (Å²) in [7, 11) is 0.